The molecule has 0 radical (unpaired) electrons. The van der Waals surface area contributed by atoms with Gasteiger partial charge in [-0.1, -0.05) is 30.0 Å². The topological polar surface area (TPSA) is 66.2 Å². The Labute approximate surface area is 133 Å². The van der Waals surface area contributed by atoms with Crippen molar-refractivity contribution >= 4 is 17.7 Å². The van der Waals surface area contributed by atoms with E-state index in [1.807, 2.05) is 48.7 Å². The first-order valence-corrected chi connectivity index (χ1v) is 7.98. The van der Waals surface area contributed by atoms with Gasteiger partial charge in [0, 0.05) is 6.54 Å². The first-order chi connectivity index (χ1) is 10.7. The van der Waals surface area contributed by atoms with Crippen LogP contribution in [0.5, 0.6) is 5.75 Å². The number of rotatable bonds is 7. The van der Waals surface area contributed by atoms with Crippen LogP contribution in [0, 0.1) is 0 Å². The third kappa shape index (κ3) is 4.00. The molecule has 0 fully saturated rings. The van der Waals surface area contributed by atoms with Crippen LogP contribution in [0.3, 0.4) is 0 Å². The van der Waals surface area contributed by atoms with Gasteiger partial charge in [-0.3, -0.25) is 4.79 Å². The van der Waals surface area contributed by atoms with Crippen molar-refractivity contribution in [2.45, 2.75) is 31.7 Å². The first kappa shape index (κ1) is 16.4. The van der Waals surface area contributed by atoms with Crippen molar-refractivity contribution in [3.05, 3.63) is 36.2 Å². The van der Waals surface area contributed by atoms with Gasteiger partial charge in [-0.15, -0.1) is 10.2 Å². The lowest BCUT2D eigenvalue weighted by Crippen LogP contribution is -2.12. The molecule has 1 atom stereocenters. The van der Waals surface area contributed by atoms with Crippen LogP contribution in [0.2, 0.25) is 0 Å². The summed E-state index contributed by atoms with van der Waals surface area (Å²) in [6, 6.07) is 9.58. The highest BCUT2D eigenvalue weighted by atomic mass is 32.2. The van der Waals surface area contributed by atoms with E-state index in [1.54, 1.807) is 0 Å². The highest BCUT2D eigenvalue weighted by molar-refractivity contribution is 7.99. The first-order valence-electron chi connectivity index (χ1n) is 7.00. The van der Waals surface area contributed by atoms with Crippen LogP contribution in [-0.4, -0.2) is 33.6 Å². The number of para-hydroxylation sites is 1. The molecule has 7 heteroatoms. The minimum atomic E-state index is -0.286. The van der Waals surface area contributed by atoms with Crippen LogP contribution < -0.4 is 4.74 Å². The maximum absolute atomic E-state index is 11.2. The van der Waals surface area contributed by atoms with Gasteiger partial charge in [0.1, 0.15) is 5.75 Å². The van der Waals surface area contributed by atoms with E-state index >= 15 is 0 Å². The summed E-state index contributed by atoms with van der Waals surface area (Å²) in [7, 11) is 1.37. The number of hydrogen-bond acceptors (Lipinski definition) is 6. The molecule has 1 heterocycles. The van der Waals surface area contributed by atoms with E-state index in [9.17, 15) is 4.79 Å². The highest BCUT2D eigenvalue weighted by Crippen LogP contribution is 2.24. The number of aromatic nitrogens is 3. The number of hydrogen-bond donors (Lipinski definition) is 0. The lowest BCUT2D eigenvalue weighted by molar-refractivity contribution is -0.137. The molecule has 0 saturated heterocycles. The van der Waals surface area contributed by atoms with Gasteiger partial charge < -0.3 is 14.0 Å². The maximum Gasteiger partial charge on any atom is 0.316 e. The minimum absolute atomic E-state index is 0.211. The van der Waals surface area contributed by atoms with Crippen LogP contribution in [0.1, 0.15) is 25.8 Å². The summed E-state index contributed by atoms with van der Waals surface area (Å²) in [5.41, 5.74) is 0. The van der Waals surface area contributed by atoms with Gasteiger partial charge in [-0.05, 0) is 26.0 Å². The molecular weight excluding hydrogens is 302 g/mol. The molecule has 118 valence electrons. The number of methoxy groups -OCH3 is 1. The van der Waals surface area contributed by atoms with Gasteiger partial charge in [0.05, 0.1) is 12.9 Å². The lowest BCUT2D eigenvalue weighted by Gasteiger charge is -2.15. The van der Waals surface area contributed by atoms with Crippen LogP contribution in [-0.2, 0) is 16.1 Å². The number of carbonyl (C=O) groups excluding carboxylic acids is 1. The average molecular weight is 321 g/mol. The molecule has 0 spiro atoms. The molecule has 0 aliphatic rings. The normalized spacial score (nSPS) is 12.0. The Balaban J connectivity index is 2.10. The zero-order valence-electron chi connectivity index (χ0n) is 12.9. The fourth-order valence-electron chi connectivity index (χ4n) is 1.94. The fourth-order valence-corrected chi connectivity index (χ4v) is 2.78. The standard InChI is InChI=1S/C15H19N3O3S/c1-4-18-14(11(2)21-12-8-6-5-7-9-12)16-17-15(18)22-10-13(19)20-3/h5-9,11H,4,10H2,1-3H3. The smallest absolute Gasteiger partial charge is 0.316 e. The molecule has 0 aliphatic heterocycles. The summed E-state index contributed by atoms with van der Waals surface area (Å²) in [6.07, 6.45) is -0.234. The quantitative estimate of drug-likeness (QED) is 0.577. The van der Waals surface area contributed by atoms with Gasteiger partial charge in [0.25, 0.3) is 0 Å². The molecule has 2 rings (SSSR count). The van der Waals surface area contributed by atoms with Crippen LogP contribution in [0.4, 0.5) is 0 Å². The van der Waals surface area contributed by atoms with E-state index in [-0.39, 0.29) is 17.8 Å². The monoisotopic (exact) mass is 321 g/mol. The van der Waals surface area contributed by atoms with E-state index < -0.39 is 0 Å². The van der Waals surface area contributed by atoms with Gasteiger partial charge in [0.15, 0.2) is 17.1 Å². The molecular formula is C15H19N3O3S. The van der Waals surface area contributed by atoms with Crippen molar-refractivity contribution in [2.75, 3.05) is 12.9 Å². The third-order valence-corrected chi connectivity index (χ3v) is 3.97. The van der Waals surface area contributed by atoms with E-state index in [2.05, 4.69) is 14.9 Å². The molecule has 22 heavy (non-hydrogen) atoms. The SMILES string of the molecule is CCn1c(SCC(=O)OC)nnc1C(C)Oc1ccccc1. The van der Waals surface area contributed by atoms with E-state index in [1.165, 1.54) is 18.9 Å². The predicted molar refractivity (Wildman–Crippen MR) is 83.9 cm³/mol. The van der Waals surface area contributed by atoms with E-state index in [4.69, 9.17) is 4.74 Å². The summed E-state index contributed by atoms with van der Waals surface area (Å²) in [4.78, 5) is 11.2. The Bertz CT molecular complexity index is 616. The Morgan fingerprint density at radius 2 is 2.05 bits per heavy atom. The van der Waals surface area contributed by atoms with Crippen molar-refractivity contribution in [3.8, 4) is 5.75 Å². The lowest BCUT2D eigenvalue weighted by atomic mass is 10.3. The number of thioether (sulfide) groups is 1. The second kappa shape index (κ2) is 7.84. The zero-order chi connectivity index (χ0) is 15.9. The molecule has 0 amide bonds. The van der Waals surface area contributed by atoms with Gasteiger partial charge in [-0.2, -0.15) is 0 Å². The van der Waals surface area contributed by atoms with Crippen molar-refractivity contribution < 1.29 is 14.3 Å². The second-order valence-corrected chi connectivity index (χ2v) is 5.47. The summed E-state index contributed by atoms with van der Waals surface area (Å²) in [5.74, 6) is 1.44. The molecule has 1 aromatic heterocycles. The highest BCUT2D eigenvalue weighted by Gasteiger charge is 2.19. The van der Waals surface area contributed by atoms with Gasteiger partial charge in [0.2, 0.25) is 0 Å². The Morgan fingerprint density at radius 3 is 2.68 bits per heavy atom. The van der Waals surface area contributed by atoms with Crippen LogP contribution in [0.25, 0.3) is 0 Å². The third-order valence-electron chi connectivity index (χ3n) is 3.03. The van der Waals surface area contributed by atoms with Crippen molar-refractivity contribution in [1.29, 1.82) is 0 Å². The second-order valence-electron chi connectivity index (χ2n) is 4.52. The van der Waals surface area contributed by atoms with Gasteiger partial charge >= 0.3 is 5.97 Å². The molecule has 0 N–H and O–H groups in total. The van der Waals surface area contributed by atoms with E-state index in [0.29, 0.717) is 11.7 Å². The molecule has 2 aromatic rings. The molecule has 0 aliphatic carbocycles. The van der Waals surface area contributed by atoms with Crippen molar-refractivity contribution in [3.63, 3.8) is 0 Å². The molecule has 0 bridgehead atoms. The Hall–Kier alpha value is -2.02. The molecule has 0 saturated carbocycles. The summed E-state index contributed by atoms with van der Waals surface area (Å²) >= 11 is 1.31. The van der Waals surface area contributed by atoms with Crippen LogP contribution >= 0.6 is 11.8 Å². The number of ether oxygens (including phenoxy) is 2. The number of carbonyl (C=O) groups is 1. The van der Waals surface area contributed by atoms with Crippen molar-refractivity contribution in [2.24, 2.45) is 0 Å². The fraction of sp³-hybridized carbons (Fsp3) is 0.400. The molecule has 1 unspecified atom stereocenters. The largest absolute Gasteiger partial charge is 0.483 e. The average Bonchev–Trinajstić information content (AvgIpc) is 2.96. The Kier molecular flexibility index (Phi) is 5.83. The minimum Gasteiger partial charge on any atom is -0.483 e. The zero-order valence-corrected chi connectivity index (χ0v) is 13.7. The maximum atomic E-state index is 11.2. The van der Waals surface area contributed by atoms with Crippen molar-refractivity contribution in [1.82, 2.24) is 14.8 Å². The predicted octanol–water partition coefficient (Wildman–Crippen LogP) is 2.70. The number of nitrogens with zero attached hydrogens (tertiary/aromatic N) is 3. The van der Waals surface area contributed by atoms with E-state index in [0.717, 1.165) is 11.6 Å². The molecule has 1 aromatic carbocycles. The van der Waals surface area contributed by atoms with Crippen LogP contribution in [0.15, 0.2) is 35.5 Å². The Morgan fingerprint density at radius 1 is 1.32 bits per heavy atom. The number of benzene rings is 1. The summed E-state index contributed by atoms with van der Waals surface area (Å²) < 4.78 is 12.5. The summed E-state index contributed by atoms with van der Waals surface area (Å²) in [5, 5.41) is 9.03. The molecule has 6 nitrogen and oxygen atoms in total. The van der Waals surface area contributed by atoms with Gasteiger partial charge in [-0.25, -0.2) is 0 Å². The number of esters is 1. The summed E-state index contributed by atoms with van der Waals surface area (Å²) in [6.45, 7) is 4.64.